The van der Waals surface area contributed by atoms with Crippen molar-refractivity contribution in [1.29, 1.82) is 0 Å². The van der Waals surface area contributed by atoms with E-state index in [1.807, 2.05) is 19.1 Å². The van der Waals surface area contributed by atoms with Gasteiger partial charge in [-0.2, -0.15) is 0 Å². The quantitative estimate of drug-likeness (QED) is 0.792. The van der Waals surface area contributed by atoms with E-state index in [9.17, 15) is 9.59 Å². The first-order chi connectivity index (χ1) is 10.6. The minimum Gasteiger partial charge on any atom is -0.492 e. The van der Waals surface area contributed by atoms with Gasteiger partial charge in [-0.1, -0.05) is 18.2 Å². The van der Waals surface area contributed by atoms with Crippen molar-refractivity contribution >= 4 is 23.3 Å². The Bertz CT molecular complexity index is 686. The molecule has 6 nitrogen and oxygen atoms in total. The van der Waals surface area contributed by atoms with Gasteiger partial charge < -0.3 is 21.1 Å². The Morgan fingerprint density at radius 2 is 1.86 bits per heavy atom. The predicted molar refractivity (Wildman–Crippen MR) is 85.2 cm³/mol. The van der Waals surface area contributed by atoms with Gasteiger partial charge in [0.05, 0.1) is 12.3 Å². The monoisotopic (exact) mass is 299 g/mol. The number of rotatable bonds is 5. The topological polar surface area (TPSA) is 93.4 Å². The van der Waals surface area contributed by atoms with E-state index in [1.165, 1.54) is 0 Å². The molecule has 0 unspecified atom stereocenters. The molecule has 0 bridgehead atoms. The molecule has 0 atom stereocenters. The molecule has 2 aromatic rings. The van der Waals surface area contributed by atoms with Crippen LogP contribution in [0.1, 0.15) is 17.3 Å². The van der Waals surface area contributed by atoms with E-state index in [2.05, 4.69) is 10.6 Å². The van der Waals surface area contributed by atoms with E-state index >= 15 is 0 Å². The fraction of sp³-hybridized carbons (Fsp3) is 0.125. The van der Waals surface area contributed by atoms with E-state index in [4.69, 9.17) is 10.5 Å². The number of carbonyl (C=O) groups excluding carboxylic acids is 2. The number of primary amides is 1. The van der Waals surface area contributed by atoms with Crippen molar-refractivity contribution in [3.05, 3.63) is 54.1 Å². The largest absolute Gasteiger partial charge is 0.492 e. The summed E-state index contributed by atoms with van der Waals surface area (Å²) < 4.78 is 5.46. The number of hydrogen-bond acceptors (Lipinski definition) is 3. The van der Waals surface area contributed by atoms with Crippen LogP contribution in [0.25, 0.3) is 0 Å². The molecule has 6 heteroatoms. The summed E-state index contributed by atoms with van der Waals surface area (Å²) in [7, 11) is 0. The Labute approximate surface area is 128 Å². The van der Waals surface area contributed by atoms with Crippen LogP contribution in [0, 0.1) is 0 Å². The minimum absolute atomic E-state index is 0.305. The molecule has 2 aromatic carbocycles. The van der Waals surface area contributed by atoms with Gasteiger partial charge in [-0.15, -0.1) is 0 Å². The minimum atomic E-state index is -0.681. The van der Waals surface area contributed by atoms with Gasteiger partial charge in [0.15, 0.2) is 0 Å². The normalized spacial score (nSPS) is 9.86. The van der Waals surface area contributed by atoms with Crippen molar-refractivity contribution in [1.82, 2.24) is 0 Å². The number of hydrogen-bond donors (Lipinski definition) is 3. The summed E-state index contributed by atoms with van der Waals surface area (Å²) in [6.07, 6.45) is 0. The highest BCUT2D eigenvalue weighted by Crippen LogP contribution is 2.24. The second kappa shape index (κ2) is 7.12. The zero-order valence-electron chi connectivity index (χ0n) is 12.1. The molecular weight excluding hydrogens is 282 g/mol. The molecular formula is C16H17N3O3. The van der Waals surface area contributed by atoms with Gasteiger partial charge in [-0.05, 0) is 37.3 Å². The molecule has 2 rings (SSSR count). The molecule has 0 saturated carbocycles. The molecule has 0 radical (unpaired) electrons. The highest BCUT2D eigenvalue weighted by Gasteiger charge is 2.10. The zero-order valence-corrected chi connectivity index (χ0v) is 12.1. The van der Waals surface area contributed by atoms with E-state index in [0.29, 0.717) is 29.3 Å². The van der Waals surface area contributed by atoms with E-state index < -0.39 is 6.03 Å². The Kier molecular flexibility index (Phi) is 4.98. The summed E-state index contributed by atoms with van der Waals surface area (Å²) in [6, 6.07) is 13.0. The lowest BCUT2D eigenvalue weighted by Crippen LogP contribution is -2.20. The number of amides is 3. The maximum Gasteiger partial charge on any atom is 0.316 e. The summed E-state index contributed by atoms with van der Waals surface area (Å²) in [5.74, 6) is 0.296. The highest BCUT2D eigenvalue weighted by atomic mass is 16.5. The summed E-state index contributed by atoms with van der Waals surface area (Å²) in [5, 5.41) is 5.21. The summed E-state index contributed by atoms with van der Waals surface area (Å²) in [4.78, 5) is 23.1. The Hall–Kier alpha value is -3.02. The fourth-order valence-corrected chi connectivity index (χ4v) is 1.93. The smallest absolute Gasteiger partial charge is 0.316 e. The summed E-state index contributed by atoms with van der Waals surface area (Å²) in [5.41, 5.74) is 6.50. The average Bonchev–Trinajstić information content (AvgIpc) is 2.49. The molecule has 22 heavy (non-hydrogen) atoms. The molecule has 0 aromatic heterocycles. The van der Waals surface area contributed by atoms with Crippen LogP contribution in [0.15, 0.2) is 48.5 Å². The van der Waals surface area contributed by atoms with E-state index in [1.54, 1.807) is 36.4 Å². The Morgan fingerprint density at radius 1 is 1.09 bits per heavy atom. The maximum atomic E-state index is 12.3. The Morgan fingerprint density at radius 3 is 2.59 bits per heavy atom. The third-order valence-electron chi connectivity index (χ3n) is 2.83. The summed E-state index contributed by atoms with van der Waals surface area (Å²) >= 11 is 0. The zero-order chi connectivity index (χ0) is 15.9. The van der Waals surface area contributed by atoms with Crippen LogP contribution in [0.5, 0.6) is 5.75 Å². The van der Waals surface area contributed by atoms with Crippen molar-refractivity contribution in [2.75, 3.05) is 17.2 Å². The third-order valence-corrected chi connectivity index (χ3v) is 2.83. The van der Waals surface area contributed by atoms with Gasteiger partial charge in [0.2, 0.25) is 0 Å². The first kappa shape index (κ1) is 15.4. The van der Waals surface area contributed by atoms with Gasteiger partial charge >= 0.3 is 6.03 Å². The van der Waals surface area contributed by atoms with Gasteiger partial charge in [0.25, 0.3) is 5.91 Å². The molecule has 0 aliphatic rings. The van der Waals surface area contributed by atoms with Crippen LogP contribution >= 0.6 is 0 Å². The lowest BCUT2D eigenvalue weighted by atomic mass is 10.2. The van der Waals surface area contributed by atoms with Crippen LogP contribution in [0.2, 0.25) is 0 Å². The van der Waals surface area contributed by atoms with Gasteiger partial charge in [-0.3, -0.25) is 4.79 Å². The number of para-hydroxylation sites is 2. The number of nitrogens with two attached hydrogens (primary N) is 1. The van der Waals surface area contributed by atoms with Crippen molar-refractivity contribution in [3.8, 4) is 5.75 Å². The van der Waals surface area contributed by atoms with Crippen molar-refractivity contribution < 1.29 is 14.3 Å². The van der Waals surface area contributed by atoms with Crippen molar-refractivity contribution in [3.63, 3.8) is 0 Å². The molecule has 0 spiro atoms. The van der Waals surface area contributed by atoms with Gasteiger partial charge in [0, 0.05) is 11.3 Å². The number of nitrogens with one attached hydrogen (secondary N) is 2. The molecule has 0 saturated heterocycles. The number of anilines is 2. The predicted octanol–water partition coefficient (Wildman–Crippen LogP) is 2.83. The molecule has 4 N–H and O–H groups in total. The van der Waals surface area contributed by atoms with Crippen molar-refractivity contribution in [2.45, 2.75) is 6.92 Å². The lowest BCUT2D eigenvalue weighted by molar-refractivity contribution is 0.102. The van der Waals surface area contributed by atoms with E-state index in [0.717, 1.165) is 0 Å². The number of carbonyl (C=O) groups is 2. The highest BCUT2D eigenvalue weighted by molar-refractivity contribution is 6.06. The second-order valence-corrected chi connectivity index (χ2v) is 4.45. The first-order valence-corrected chi connectivity index (χ1v) is 6.80. The standard InChI is InChI=1S/C16H17N3O3/c1-2-22-14-9-4-3-8-13(14)19-15(20)11-6-5-7-12(10-11)18-16(17)21/h3-10H,2H2,1H3,(H,19,20)(H3,17,18,21). The SMILES string of the molecule is CCOc1ccccc1NC(=O)c1cccc(NC(N)=O)c1. The average molecular weight is 299 g/mol. The first-order valence-electron chi connectivity index (χ1n) is 6.80. The molecule has 0 heterocycles. The molecule has 3 amide bonds. The lowest BCUT2D eigenvalue weighted by Gasteiger charge is -2.11. The molecule has 0 fully saturated rings. The summed E-state index contributed by atoms with van der Waals surface area (Å²) in [6.45, 7) is 2.38. The molecule has 114 valence electrons. The van der Waals surface area contributed by atoms with Crippen LogP contribution in [0.4, 0.5) is 16.2 Å². The van der Waals surface area contributed by atoms with Crippen LogP contribution in [-0.4, -0.2) is 18.5 Å². The molecule has 0 aliphatic heterocycles. The fourth-order valence-electron chi connectivity index (χ4n) is 1.93. The van der Waals surface area contributed by atoms with E-state index in [-0.39, 0.29) is 5.91 Å². The molecule has 0 aliphatic carbocycles. The Balaban J connectivity index is 2.17. The van der Waals surface area contributed by atoms with Crippen LogP contribution in [0.3, 0.4) is 0 Å². The van der Waals surface area contributed by atoms with Crippen LogP contribution < -0.4 is 21.1 Å². The van der Waals surface area contributed by atoms with Gasteiger partial charge in [-0.25, -0.2) is 4.79 Å². The van der Waals surface area contributed by atoms with Crippen LogP contribution in [-0.2, 0) is 0 Å². The number of urea groups is 1. The van der Waals surface area contributed by atoms with Gasteiger partial charge in [0.1, 0.15) is 5.75 Å². The second-order valence-electron chi connectivity index (χ2n) is 4.45. The number of benzene rings is 2. The maximum absolute atomic E-state index is 12.3. The van der Waals surface area contributed by atoms with Crippen molar-refractivity contribution in [2.24, 2.45) is 5.73 Å². The number of ether oxygens (including phenoxy) is 1. The third kappa shape index (κ3) is 3.99.